The van der Waals surface area contributed by atoms with Crippen LogP contribution in [0.3, 0.4) is 0 Å². The molecular formula is C40H58O3. The maximum Gasteiger partial charge on any atom is 0.338 e. The van der Waals surface area contributed by atoms with Gasteiger partial charge in [0.2, 0.25) is 0 Å². The van der Waals surface area contributed by atoms with Crippen molar-refractivity contribution in [3.05, 3.63) is 47.0 Å². The summed E-state index contributed by atoms with van der Waals surface area (Å²) in [7, 11) is 0. The van der Waals surface area contributed by atoms with Crippen molar-refractivity contribution >= 4 is 5.97 Å². The summed E-state index contributed by atoms with van der Waals surface area (Å²) in [5.41, 5.74) is 3.95. The van der Waals surface area contributed by atoms with E-state index in [4.69, 9.17) is 15.9 Å². The summed E-state index contributed by atoms with van der Waals surface area (Å²) < 4.78 is 11.9. The van der Waals surface area contributed by atoms with E-state index in [0.29, 0.717) is 29.1 Å². The molecule has 0 bridgehead atoms. The van der Waals surface area contributed by atoms with E-state index in [1.165, 1.54) is 64.2 Å². The molecule has 3 saturated carbocycles. The minimum absolute atomic E-state index is 0.286. The molecule has 4 aliphatic rings. The standard InChI is InChI=1S/C40H58O3/c1-7-30-13-15-31(16-14-30)38(41)43-26-9-8-25-42-33-21-23-39(5)32(27-33)17-18-34-36-20-19-35(29(4)12-10-11-28(2)3)40(36,6)24-22-37(34)39/h1,13-17,28-29,33-37H,8-12,18-27H2,2-6H3/t29-,33+,34+,35-,36+,37+,39+,40-/m1/s1. The van der Waals surface area contributed by atoms with Crippen molar-refractivity contribution in [3.8, 4) is 12.3 Å². The van der Waals surface area contributed by atoms with Crippen LogP contribution in [0.2, 0.25) is 0 Å². The largest absolute Gasteiger partial charge is 0.462 e. The number of esters is 1. The summed E-state index contributed by atoms with van der Waals surface area (Å²) in [6.07, 6.45) is 25.0. The van der Waals surface area contributed by atoms with Crippen LogP contribution in [0, 0.1) is 58.7 Å². The average Bonchev–Trinajstić information content (AvgIpc) is 3.36. The van der Waals surface area contributed by atoms with Crippen LogP contribution >= 0.6 is 0 Å². The van der Waals surface area contributed by atoms with Gasteiger partial charge in [0.15, 0.2) is 0 Å². The lowest BCUT2D eigenvalue weighted by Gasteiger charge is -2.58. The van der Waals surface area contributed by atoms with Crippen molar-refractivity contribution in [1.29, 1.82) is 0 Å². The Morgan fingerprint density at radius 3 is 2.47 bits per heavy atom. The maximum absolute atomic E-state index is 12.3. The van der Waals surface area contributed by atoms with E-state index in [9.17, 15) is 4.79 Å². The van der Waals surface area contributed by atoms with Gasteiger partial charge in [0.25, 0.3) is 0 Å². The van der Waals surface area contributed by atoms with Crippen LogP contribution in [0.4, 0.5) is 0 Å². The topological polar surface area (TPSA) is 35.5 Å². The summed E-state index contributed by atoms with van der Waals surface area (Å²) in [4.78, 5) is 12.3. The summed E-state index contributed by atoms with van der Waals surface area (Å²) in [5.74, 6) is 7.59. The number of allylic oxidation sites excluding steroid dienone is 1. The predicted octanol–water partition coefficient (Wildman–Crippen LogP) is 10.0. The highest BCUT2D eigenvalue weighted by atomic mass is 16.5. The number of ether oxygens (including phenoxy) is 2. The first kappa shape index (κ1) is 32.3. The molecule has 5 rings (SSSR count). The molecule has 1 aromatic carbocycles. The minimum Gasteiger partial charge on any atom is -0.462 e. The highest BCUT2D eigenvalue weighted by molar-refractivity contribution is 5.89. The molecule has 0 radical (unpaired) electrons. The van der Waals surface area contributed by atoms with Crippen molar-refractivity contribution in [2.45, 2.75) is 124 Å². The molecule has 236 valence electrons. The first-order valence-corrected chi connectivity index (χ1v) is 17.7. The first-order valence-electron chi connectivity index (χ1n) is 17.7. The van der Waals surface area contributed by atoms with Crippen LogP contribution in [-0.2, 0) is 9.47 Å². The molecule has 0 saturated heterocycles. The lowest BCUT2D eigenvalue weighted by atomic mass is 9.47. The SMILES string of the molecule is C#Cc1ccc(C(=O)OCCCCO[C@H]2CC[C@@]3(C)C(=CC[C@H]4[C@@H]5CC[C@H]([C@H](C)CCCC(C)C)[C@@]5(C)CC[C@@H]43)C2)cc1. The first-order chi connectivity index (χ1) is 20.7. The molecule has 1 aromatic rings. The number of unbranched alkanes of at least 4 members (excludes halogenated alkanes) is 1. The number of benzene rings is 1. The zero-order valence-electron chi connectivity index (χ0n) is 27.8. The Morgan fingerprint density at radius 1 is 0.953 bits per heavy atom. The quantitative estimate of drug-likeness (QED) is 0.106. The van der Waals surface area contributed by atoms with Gasteiger partial charge in [-0.25, -0.2) is 4.79 Å². The number of fused-ring (bicyclic) bond motifs is 5. The number of rotatable bonds is 12. The number of terminal acetylenes is 1. The van der Waals surface area contributed by atoms with Crippen molar-refractivity contribution in [1.82, 2.24) is 0 Å². The van der Waals surface area contributed by atoms with Crippen LogP contribution < -0.4 is 0 Å². The van der Waals surface area contributed by atoms with Gasteiger partial charge in [-0.15, -0.1) is 6.42 Å². The third-order valence-corrected chi connectivity index (χ3v) is 12.7. The van der Waals surface area contributed by atoms with Gasteiger partial charge in [0.1, 0.15) is 0 Å². The minimum atomic E-state index is -0.286. The molecule has 4 aliphatic carbocycles. The summed E-state index contributed by atoms with van der Waals surface area (Å²) >= 11 is 0. The molecule has 0 N–H and O–H groups in total. The highest BCUT2D eigenvalue weighted by Gasteiger charge is 2.59. The Balaban J connectivity index is 1.07. The highest BCUT2D eigenvalue weighted by Crippen LogP contribution is 2.67. The molecule has 8 atom stereocenters. The van der Waals surface area contributed by atoms with E-state index in [0.717, 1.165) is 66.9 Å². The number of carbonyl (C=O) groups excluding carboxylic acids is 1. The van der Waals surface area contributed by atoms with E-state index in [1.54, 1.807) is 29.8 Å². The number of carbonyl (C=O) groups is 1. The summed E-state index contributed by atoms with van der Waals surface area (Å²) in [5, 5.41) is 0. The third-order valence-electron chi connectivity index (χ3n) is 12.7. The molecule has 3 nitrogen and oxygen atoms in total. The molecule has 0 aliphatic heterocycles. The van der Waals surface area contributed by atoms with Gasteiger partial charge in [-0.2, -0.15) is 0 Å². The van der Waals surface area contributed by atoms with Crippen molar-refractivity contribution in [2.75, 3.05) is 13.2 Å². The predicted molar refractivity (Wildman–Crippen MR) is 177 cm³/mol. The zero-order chi connectivity index (χ0) is 30.6. The van der Waals surface area contributed by atoms with Crippen LogP contribution in [-0.4, -0.2) is 25.3 Å². The third kappa shape index (κ3) is 6.96. The van der Waals surface area contributed by atoms with Gasteiger partial charge >= 0.3 is 5.97 Å². The molecule has 3 fully saturated rings. The Hall–Kier alpha value is -2.05. The lowest BCUT2D eigenvalue weighted by Crippen LogP contribution is -2.51. The fraction of sp³-hybridized carbons (Fsp3) is 0.725. The van der Waals surface area contributed by atoms with Gasteiger partial charge in [-0.05, 0) is 135 Å². The van der Waals surface area contributed by atoms with Crippen molar-refractivity contribution < 1.29 is 14.3 Å². The van der Waals surface area contributed by atoms with Crippen molar-refractivity contribution in [3.63, 3.8) is 0 Å². The van der Waals surface area contributed by atoms with E-state index in [2.05, 4.69) is 46.6 Å². The lowest BCUT2D eigenvalue weighted by molar-refractivity contribution is -0.0642. The van der Waals surface area contributed by atoms with Crippen LogP contribution in [0.5, 0.6) is 0 Å². The van der Waals surface area contributed by atoms with Crippen LogP contribution in [0.1, 0.15) is 134 Å². The second-order valence-corrected chi connectivity index (χ2v) is 15.6. The van der Waals surface area contributed by atoms with E-state index >= 15 is 0 Å². The van der Waals surface area contributed by atoms with Gasteiger partial charge in [-0.3, -0.25) is 0 Å². The van der Waals surface area contributed by atoms with Gasteiger partial charge in [-0.1, -0.05) is 71.5 Å². The Labute approximate surface area is 263 Å². The molecule has 0 amide bonds. The van der Waals surface area contributed by atoms with Crippen molar-refractivity contribution in [2.24, 2.45) is 46.3 Å². The maximum atomic E-state index is 12.3. The van der Waals surface area contributed by atoms with Crippen LogP contribution in [0.25, 0.3) is 0 Å². The van der Waals surface area contributed by atoms with E-state index in [-0.39, 0.29) is 5.97 Å². The fourth-order valence-corrected chi connectivity index (χ4v) is 10.2. The molecule has 0 spiro atoms. The normalized spacial score (nSPS) is 34.0. The molecular weight excluding hydrogens is 528 g/mol. The smallest absolute Gasteiger partial charge is 0.338 e. The molecule has 3 heteroatoms. The van der Waals surface area contributed by atoms with E-state index < -0.39 is 0 Å². The Morgan fingerprint density at radius 2 is 1.72 bits per heavy atom. The Bertz CT molecular complexity index is 1160. The number of hydrogen-bond acceptors (Lipinski definition) is 3. The monoisotopic (exact) mass is 586 g/mol. The molecule has 0 unspecified atom stereocenters. The molecule has 0 aromatic heterocycles. The second kappa shape index (κ2) is 13.9. The second-order valence-electron chi connectivity index (χ2n) is 15.6. The van der Waals surface area contributed by atoms with Gasteiger partial charge < -0.3 is 9.47 Å². The molecule has 43 heavy (non-hydrogen) atoms. The van der Waals surface area contributed by atoms with Crippen LogP contribution in [0.15, 0.2) is 35.9 Å². The zero-order valence-corrected chi connectivity index (χ0v) is 27.8. The average molecular weight is 587 g/mol. The summed E-state index contributed by atoms with van der Waals surface area (Å²) in [6.45, 7) is 13.8. The molecule has 0 heterocycles. The Kier molecular flexibility index (Phi) is 10.5. The number of hydrogen-bond donors (Lipinski definition) is 0. The summed E-state index contributed by atoms with van der Waals surface area (Å²) in [6, 6.07) is 7.00. The van der Waals surface area contributed by atoms with Gasteiger partial charge in [0, 0.05) is 12.2 Å². The van der Waals surface area contributed by atoms with E-state index in [1.807, 2.05) is 0 Å². The van der Waals surface area contributed by atoms with Gasteiger partial charge in [0.05, 0.1) is 18.3 Å². The fourth-order valence-electron chi connectivity index (χ4n) is 10.2.